The highest BCUT2D eigenvalue weighted by molar-refractivity contribution is 5.92. The number of rotatable bonds is 4. The molecule has 15 heavy (non-hydrogen) atoms. The molecule has 1 aromatic carbocycles. The van der Waals surface area contributed by atoms with Crippen LogP contribution in [-0.4, -0.2) is 17.6 Å². The first-order valence-electron chi connectivity index (χ1n) is 4.91. The van der Waals surface area contributed by atoms with Crippen LogP contribution >= 0.6 is 0 Å². The zero-order valence-corrected chi connectivity index (χ0v) is 8.79. The Kier molecular flexibility index (Phi) is 4.12. The zero-order chi connectivity index (χ0) is 11.3. The second-order valence-corrected chi connectivity index (χ2v) is 3.40. The van der Waals surface area contributed by atoms with Crippen molar-refractivity contribution >= 4 is 17.3 Å². The van der Waals surface area contributed by atoms with E-state index in [2.05, 4.69) is 5.32 Å². The van der Waals surface area contributed by atoms with E-state index < -0.39 is 0 Å². The van der Waals surface area contributed by atoms with Crippen LogP contribution in [0.1, 0.15) is 18.4 Å². The predicted molar refractivity (Wildman–Crippen MR) is 60.5 cm³/mol. The van der Waals surface area contributed by atoms with E-state index in [0.29, 0.717) is 18.5 Å². The SMILES string of the molecule is Cc1c(N)cccc1NC(=O)CCCO. The van der Waals surface area contributed by atoms with Crippen molar-refractivity contribution in [2.75, 3.05) is 17.7 Å². The van der Waals surface area contributed by atoms with Gasteiger partial charge in [0.1, 0.15) is 0 Å². The standard InChI is InChI=1S/C11H16N2O2/c1-8-9(12)4-2-5-10(8)13-11(15)6-3-7-14/h2,4-5,14H,3,6-7,12H2,1H3,(H,13,15). The molecule has 0 bridgehead atoms. The average Bonchev–Trinajstić information content (AvgIpc) is 2.22. The fourth-order valence-electron chi connectivity index (χ4n) is 1.24. The van der Waals surface area contributed by atoms with Gasteiger partial charge in [0.05, 0.1) is 0 Å². The summed E-state index contributed by atoms with van der Waals surface area (Å²) in [6, 6.07) is 5.39. The molecule has 0 aliphatic heterocycles. The minimum absolute atomic E-state index is 0.0311. The van der Waals surface area contributed by atoms with Crippen LogP contribution in [0.5, 0.6) is 0 Å². The van der Waals surface area contributed by atoms with Gasteiger partial charge in [0.25, 0.3) is 0 Å². The largest absolute Gasteiger partial charge is 0.398 e. The van der Waals surface area contributed by atoms with Crippen molar-refractivity contribution in [2.24, 2.45) is 0 Å². The number of carbonyl (C=O) groups is 1. The maximum Gasteiger partial charge on any atom is 0.224 e. The van der Waals surface area contributed by atoms with Gasteiger partial charge in [0, 0.05) is 24.4 Å². The Hall–Kier alpha value is -1.55. The quantitative estimate of drug-likeness (QED) is 0.652. The summed E-state index contributed by atoms with van der Waals surface area (Å²) in [7, 11) is 0. The summed E-state index contributed by atoms with van der Waals surface area (Å²) in [5, 5.41) is 11.3. The van der Waals surface area contributed by atoms with Gasteiger partial charge < -0.3 is 16.2 Å². The Labute approximate surface area is 89.1 Å². The van der Waals surface area contributed by atoms with Gasteiger partial charge in [-0.25, -0.2) is 0 Å². The lowest BCUT2D eigenvalue weighted by Gasteiger charge is -2.09. The molecule has 4 heteroatoms. The maximum absolute atomic E-state index is 11.4. The van der Waals surface area contributed by atoms with Crippen molar-refractivity contribution in [3.8, 4) is 0 Å². The normalized spacial score (nSPS) is 10.0. The Morgan fingerprint density at radius 2 is 2.27 bits per heavy atom. The summed E-state index contributed by atoms with van der Waals surface area (Å²) in [6.07, 6.45) is 0.804. The lowest BCUT2D eigenvalue weighted by atomic mass is 10.1. The van der Waals surface area contributed by atoms with Gasteiger partial charge in [-0.15, -0.1) is 0 Å². The number of nitrogen functional groups attached to an aromatic ring is 1. The molecule has 0 unspecified atom stereocenters. The van der Waals surface area contributed by atoms with Crippen molar-refractivity contribution < 1.29 is 9.90 Å². The Bertz CT molecular complexity index is 350. The highest BCUT2D eigenvalue weighted by Crippen LogP contribution is 2.20. The number of aliphatic hydroxyl groups is 1. The summed E-state index contributed by atoms with van der Waals surface area (Å²) in [4.78, 5) is 11.4. The molecule has 0 radical (unpaired) electrons. The van der Waals surface area contributed by atoms with Crippen molar-refractivity contribution in [3.63, 3.8) is 0 Å². The summed E-state index contributed by atoms with van der Waals surface area (Å²) in [5.41, 5.74) is 7.97. The summed E-state index contributed by atoms with van der Waals surface area (Å²) in [5.74, 6) is -0.0993. The van der Waals surface area contributed by atoms with Gasteiger partial charge in [0.15, 0.2) is 0 Å². The molecule has 82 valence electrons. The van der Waals surface area contributed by atoms with Crippen LogP contribution in [-0.2, 0) is 4.79 Å². The summed E-state index contributed by atoms with van der Waals surface area (Å²) in [6.45, 7) is 1.89. The van der Waals surface area contributed by atoms with Crippen molar-refractivity contribution in [1.29, 1.82) is 0 Å². The molecule has 0 saturated heterocycles. The Morgan fingerprint density at radius 1 is 1.53 bits per heavy atom. The van der Waals surface area contributed by atoms with Crippen LogP contribution in [0.15, 0.2) is 18.2 Å². The molecule has 0 aliphatic rings. The zero-order valence-electron chi connectivity index (χ0n) is 8.79. The maximum atomic E-state index is 11.4. The van der Waals surface area contributed by atoms with Gasteiger partial charge in [-0.05, 0) is 31.0 Å². The van der Waals surface area contributed by atoms with Crippen LogP contribution in [0, 0.1) is 6.92 Å². The number of nitrogens with two attached hydrogens (primary N) is 1. The van der Waals surface area contributed by atoms with E-state index in [9.17, 15) is 4.79 Å². The van der Waals surface area contributed by atoms with Crippen LogP contribution in [0.3, 0.4) is 0 Å². The first kappa shape index (κ1) is 11.5. The van der Waals surface area contributed by atoms with E-state index >= 15 is 0 Å². The molecule has 0 saturated carbocycles. The smallest absolute Gasteiger partial charge is 0.224 e. The lowest BCUT2D eigenvalue weighted by Crippen LogP contribution is -2.13. The molecule has 0 aliphatic carbocycles. The van der Waals surface area contributed by atoms with Crippen LogP contribution in [0.2, 0.25) is 0 Å². The van der Waals surface area contributed by atoms with E-state index in [-0.39, 0.29) is 12.5 Å². The van der Waals surface area contributed by atoms with Crippen molar-refractivity contribution in [1.82, 2.24) is 0 Å². The third-order valence-corrected chi connectivity index (χ3v) is 2.21. The minimum atomic E-state index is -0.0993. The van der Waals surface area contributed by atoms with Gasteiger partial charge >= 0.3 is 0 Å². The van der Waals surface area contributed by atoms with Crippen LogP contribution < -0.4 is 11.1 Å². The highest BCUT2D eigenvalue weighted by Gasteiger charge is 2.05. The number of anilines is 2. The first-order chi connectivity index (χ1) is 7.15. The second-order valence-electron chi connectivity index (χ2n) is 3.40. The molecule has 0 heterocycles. The molecule has 4 N–H and O–H groups in total. The van der Waals surface area contributed by atoms with Gasteiger partial charge in [0.2, 0.25) is 5.91 Å². The predicted octanol–water partition coefficient (Wildman–Crippen LogP) is 1.29. The Morgan fingerprint density at radius 3 is 2.93 bits per heavy atom. The molecule has 0 aromatic heterocycles. The molecule has 1 rings (SSSR count). The molecule has 0 spiro atoms. The van der Waals surface area contributed by atoms with E-state index in [1.807, 2.05) is 13.0 Å². The molecular formula is C11H16N2O2. The molecule has 4 nitrogen and oxygen atoms in total. The first-order valence-corrected chi connectivity index (χ1v) is 4.91. The number of carbonyl (C=O) groups excluding carboxylic acids is 1. The van der Waals surface area contributed by atoms with E-state index in [1.54, 1.807) is 12.1 Å². The minimum Gasteiger partial charge on any atom is -0.398 e. The van der Waals surface area contributed by atoms with Crippen molar-refractivity contribution in [2.45, 2.75) is 19.8 Å². The van der Waals surface area contributed by atoms with E-state index in [0.717, 1.165) is 11.3 Å². The van der Waals surface area contributed by atoms with Gasteiger partial charge in [-0.2, -0.15) is 0 Å². The third kappa shape index (κ3) is 3.25. The van der Waals surface area contributed by atoms with Gasteiger partial charge in [-0.3, -0.25) is 4.79 Å². The molecule has 0 atom stereocenters. The Balaban J connectivity index is 2.64. The van der Waals surface area contributed by atoms with Crippen LogP contribution in [0.25, 0.3) is 0 Å². The monoisotopic (exact) mass is 208 g/mol. The van der Waals surface area contributed by atoms with E-state index in [4.69, 9.17) is 10.8 Å². The number of hydrogen-bond acceptors (Lipinski definition) is 3. The molecule has 1 aromatic rings. The lowest BCUT2D eigenvalue weighted by molar-refractivity contribution is -0.116. The second kappa shape index (κ2) is 5.36. The number of aliphatic hydroxyl groups excluding tert-OH is 1. The summed E-state index contributed by atoms with van der Waals surface area (Å²) < 4.78 is 0. The summed E-state index contributed by atoms with van der Waals surface area (Å²) >= 11 is 0. The molecule has 1 amide bonds. The molecule has 0 fully saturated rings. The van der Waals surface area contributed by atoms with Crippen LogP contribution in [0.4, 0.5) is 11.4 Å². The average molecular weight is 208 g/mol. The van der Waals surface area contributed by atoms with Crippen molar-refractivity contribution in [3.05, 3.63) is 23.8 Å². The van der Waals surface area contributed by atoms with E-state index in [1.165, 1.54) is 0 Å². The fraction of sp³-hybridized carbons (Fsp3) is 0.364. The third-order valence-electron chi connectivity index (χ3n) is 2.21. The van der Waals surface area contributed by atoms with Gasteiger partial charge in [-0.1, -0.05) is 6.07 Å². The highest BCUT2D eigenvalue weighted by atomic mass is 16.3. The topological polar surface area (TPSA) is 75.3 Å². The molecular weight excluding hydrogens is 192 g/mol. The number of hydrogen-bond donors (Lipinski definition) is 3. The number of nitrogens with one attached hydrogen (secondary N) is 1. The number of benzene rings is 1. The number of amides is 1. The fourth-order valence-corrected chi connectivity index (χ4v) is 1.24.